The number of aromatic nitrogens is 2. The molecular formula is C18H22N2OS2. The highest BCUT2D eigenvalue weighted by Gasteiger charge is 2.26. The Kier molecular flexibility index (Phi) is 5.17. The summed E-state index contributed by atoms with van der Waals surface area (Å²) in [7, 11) is 0. The molecule has 1 unspecified atom stereocenters. The first-order valence-corrected chi connectivity index (χ1v) is 9.99. The first kappa shape index (κ1) is 16.7. The first-order chi connectivity index (χ1) is 11.1. The molecule has 1 aromatic heterocycles. The van der Waals surface area contributed by atoms with Crippen molar-refractivity contribution in [3.8, 4) is 5.69 Å². The normalized spacial score (nSPS) is 16.6. The van der Waals surface area contributed by atoms with Gasteiger partial charge in [-0.3, -0.25) is 9.36 Å². The van der Waals surface area contributed by atoms with Crippen molar-refractivity contribution in [1.82, 2.24) is 9.55 Å². The van der Waals surface area contributed by atoms with Crippen LogP contribution in [-0.2, 0) is 6.42 Å². The summed E-state index contributed by atoms with van der Waals surface area (Å²) in [5.41, 5.74) is 3.18. The average molecular weight is 347 g/mol. The van der Waals surface area contributed by atoms with Gasteiger partial charge in [0.05, 0.1) is 16.3 Å². The van der Waals surface area contributed by atoms with Gasteiger partial charge < -0.3 is 0 Å². The van der Waals surface area contributed by atoms with Crippen LogP contribution in [0, 0.1) is 6.92 Å². The standard InChI is InChI=1S/C18H22N2OS2/c1-4-5-10-22-18-19-15-11-13(3)23-16(15)17(21)20(18)14-8-6-12(2)7-9-14/h6-9,13H,4-5,10-11H2,1-3H3. The van der Waals surface area contributed by atoms with E-state index in [1.807, 2.05) is 24.3 Å². The monoisotopic (exact) mass is 346 g/mol. The summed E-state index contributed by atoms with van der Waals surface area (Å²) in [6.45, 7) is 6.40. The maximum atomic E-state index is 13.0. The number of hydrogen-bond donors (Lipinski definition) is 0. The van der Waals surface area contributed by atoms with Gasteiger partial charge in [0.1, 0.15) is 0 Å². The van der Waals surface area contributed by atoms with Crippen molar-refractivity contribution in [2.24, 2.45) is 0 Å². The Bertz CT molecular complexity index is 753. The lowest BCUT2D eigenvalue weighted by molar-refractivity contribution is 0.729. The predicted octanol–water partition coefficient (Wildman–Crippen LogP) is 4.47. The molecule has 0 bridgehead atoms. The molecule has 0 aliphatic carbocycles. The summed E-state index contributed by atoms with van der Waals surface area (Å²) in [6.07, 6.45) is 3.18. The number of aryl methyl sites for hydroxylation is 1. The van der Waals surface area contributed by atoms with E-state index in [-0.39, 0.29) is 5.56 Å². The minimum atomic E-state index is 0.0900. The van der Waals surface area contributed by atoms with E-state index in [1.165, 1.54) is 5.56 Å². The molecule has 2 heterocycles. The van der Waals surface area contributed by atoms with Crippen molar-refractivity contribution in [2.45, 2.75) is 55.3 Å². The minimum Gasteiger partial charge on any atom is -0.268 e. The molecule has 0 radical (unpaired) electrons. The van der Waals surface area contributed by atoms with Crippen molar-refractivity contribution >= 4 is 23.5 Å². The van der Waals surface area contributed by atoms with Crippen LogP contribution < -0.4 is 5.56 Å². The van der Waals surface area contributed by atoms with Crippen LogP contribution in [0.1, 0.15) is 37.9 Å². The first-order valence-electron chi connectivity index (χ1n) is 8.12. The fourth-order valence-corrected chi connectivity index (χ4v) is 4.83. The third-order valence-corrected chi connectivity index (χ3v) is 6.14. The highest BCUT2D eigenvalue weighted by atomic mass is 32.2. The number of fused-ring (bicyclic) bond motifs is 1. The fourth-order valence-electron chi connectivity index (χ4n) is 2.63. The maximum absolute atomic E-state index is 13.0. The molecule has 1 aromatic carbocycles. The Morgan fingerprint density at radius 2 is 2.09 bits per heavy atom. The topological polar surface area (TPSA) is 34.9 Å². The molecule has 5 heteroatoms. The van der Waals surface area contributed by atoms with E-state index in [1.54, 1.807) is 28.1 Å². The molecule has 122 valence electrons. The van der Waals surface area contributed by atoms with Gasteiger partial charge in [-0.1, -0.05) is 49.7 Å². The zero-order chi connectivity index (χ0) is 16.4. The number of rotatable bonds is 5. The van der Waals surface area contributed by atoms with Crippen molar-refractivity contribution < 1.29 is 0 Å². The van der Waals surface area contributed by atoms with Gasteiger partial charge in [0.25, 0.3) is 5.56 Å². The number of benzene rings is 1. The zero-order valence-electron chi connectivity index (χ0n) is 13.8. The molecule has 23 heavy (non-hydrogen) atoms. The Morgan fingerprint density at radius 3 is 2.78 bits per heavy atom. The second-order valence-electron chi connectivity index (χ2n) is 5.98. The molecule has 0 saturated carbocycles. The predicted molar refractivity (Wildman–Crippen MR) is 99.2 cm³/mol. The maximum Gasteiger partial charge on any atom is 0.272 e. The molecule has 0 fully saturated rings. The quantitative estimate of drug-likeness (QED) is 0.454. The summed E-state index contributed by atoms with van der Waals surface area (Å²) in [5, 5.41) is 1.27. The molecule has 1 aliphatic heterocycles. The van der Waals surface area contributed by atoms with Gasteiger partial charge in [0, 0.05) is 17.4 Å². The Labute approximate surface area is 145 Å². The number of unbranched alkanes of at least 4 members (excludes halogenated alkanes) is 1. The molecule has 0 spiro atoms. The summed E-state index contributed by atoms with van der Waals surface area (Å²) < 4.78 is 1.80. The second-order valence-corrected chi connectivity index (χ2v) is 8.49. The summed E-state index contributed by atoms with van der Waals surface area (Å²) >= 11 is 3.36. The van der Waals surface area contributed by atoms with Crippen LogP contribution >= 0.6 is 23.5 Å². The molecule has 0 saturated heterocycles. The lowest BCUT2D eigenvalue weighted by Gasteiger charge is -2.13. The van der Waals surface area contributed by atoms with Crippen LogP contribution in [0.5, 0.6) is 0 Å². The van der Waals surface area contributed by atoms with E-state index in [0.717, 1.165) is 46.4 Å². The Hall–Kier alpha value is -1.20. The van der Waals surface area contributed by atoms with Crippen molar-refractivity contribution in [1.29, 1.82) is 0 Å². The molecule has 1 aliphatic rings. The van der Waals surface area contributed by atoms with Gasteiger partial charge in [0.15, 0.2) is 5.16 Å². The number of thioether (sulfide) groups is 2. The SMILES string of the molecule is CCCCSc1nc2c(c(=O)n1-c1ccc(C)cc1)SC(C)C2. The summed E-state index contributed by atoms with van der Waals surface area (Å²) in [5.74, 6) is 0.996. The third-order valence-electron chi connectivity index (χ3n) is 3.90. The van der Waals surface area contributed by atoms with Crippen molar-refractivity contribution in [3.05, 3.63) is 45.9 Å². The van der Waals surface area contributed by atoms with Crippen LogP contribution in [0.4, 0.5) is 0 Å². The average Bonchev–Trinajstić information content (AvgIpc) is 2.90. The summed E-state index contributed by atoms with van der Waals surface area (Å²) in [4.78, 5) is 18.7. The van der Waals surface area contributed by atoms with E-state index in [4.69, 9.17) is 4.98 Å². The van der Waals surface area contributed by atoms with Gasteiger partial charge >= 0.3 is 0 Å². The second kappa shape index (κ2) is 7.14. The lowest BCUT2D eigenvalue weighted by Crippen LogP contribution is -2.23. The number of nitrogens with zero attached hydrogens (tertiary/aromatic N) is 2. The lowest BCUT2D eigenvalue weighted by atomic mass is 10.2. The highest BCUT2D eigenvalue weighted by Crippen LogP contribution is 2.35. The van der Waals surface area contributed by atoms with Crippen LogP contribution in [0.25, 0.3) is 5.69 Å². The minimum absolute atomic E-state index is 0.0900. The van der Waals surface area contributed by atoms with Gasteiger partial charge in [-0.25, -0.2) is 4.98 Å². The van der Waals surface area contributed by atoms with E-state index in [0.29, 0.717) is 5.25 Å². The van der Waals surface area contributed by atoms with Crippen LogP contribution in [0.2, 0.25) is 0 Å². The smallest absolute Gasteiger partial charge is 0.268 e. The Morgan fingerprint density at radius 1 is 1.35 bits per heavy atom. The van der Waals surface area contributed by atoms with Crippen molar-refractivity contribution in [2.75, 3.05) is 5.75 Å². The fraction of sp³-hybridized carbons (Fsp3) is 0.444. The zero-order valence-corrected chi connectivity index (χ0v) is 15.5. The van der Waals surface area contributed by atoms with E-state index in [9.17, 15) is 4.79 Å². The van der Waals surface area contributed by atoms with Crippen LogP contribution in [-0.4, -0.2) is 20.6 Å². The molecule has 2 aromatic rings. The van der Waals surface area contributed by atoms with E-state index < -0.39 is 0 Å². The number of hydrogen-bond acceptors (Lipinski definition) is 4. The largest absolute Gasteiger partial charge is 0.272 e. The molecule has 3 nitrogen and oxygen atoms in total. The molecule has 3 rings (SSSR count). The van der Waals surface area contributed by atoms with Crippen LogP contribution in [0.3, 0.4) is 0 Å². The van der Waals surface area contributed by atoms with Crippen molar-refractivity contribution in [3.63, 3.8) is 0 Å². The molecular weight excluding hydrogens is 324 g/mol. The Balaban J connectivity index is 2.09. The van der Waals surface area contributed by atoms with E-state index in [2.05, 4.69) is 20.8 Å². The van der Waals surface area contributed by atoms with Gasteiger partial charge in [-0.2, -0.15) is 0 Å². The van der Waals surface area contributed by atoms with Crippen LogP contribution in [0.15, 0.2) is 39.1 Å². The van der Waals surface area contributed by atoms with Gasteiger partial charge in [0.2, 0.25) is 0 Å². The third kappa shape index (κ3) is 3.50. The van der Waals surface area contributed by atoms with E-state index >= 15 is 0 Å². The van der Waals surface area contributed by atoms with Gasteiger partial charge in [-0.15, -0.1) is 11.8 Å². The molecule has 0 N–H and O–H groups in total. The molecule has 0 amide bonds. The van der Waals surface area contributed by atoms with Gasteiger partial charge in [-0.05, 0) is 25.5 Å². The summed E-state index contributed by atoms with van der Waals surface area (Å²) in [6, 6.07) is 8.12. The molecule has 1 atom stereocenters. The highest BCUT2D eigenvalue weighted by molar-refractivity contribution is 8.00.